The lowest BCUT2D eigenvalue weighted by Crippen LogP contribution is -2.32. The van der Waals surface area contributed by atoms with Crippen molar-refractivity contribution in [3.05, 3.63) is 77.4 Å². The monoisotopic (exact) mass is 426 g/mol. The van der Waals surface area contributed by atoms with Gasteiger partial charge in [-0.3, -0.25) is 0 Å². The van der Waals surface area contributed by atoms with Crippen LogP contribution in [0.2, 0.25) is 0 Å². The summed E-state index contributed by atoms with van der Waals surface area (Å²) < 4.78 is 5.79. The third-order valence-corrected chi connectivity index (χ3v) is 5.18. The summed E-state index contributed by atoms with van der Waals surface area (Å²) in [5, 5.41) is 9.18. The largest absolute Gasteiger partial charge is 0.485 e. The summed E-state index contributed by atoms with van der Waals surface area (Å²) in [4.78, 5) is 0. The Labute approximate surface area is 192 Å². The second kappa shape index (κ2) is 14.9. The van der Waals surface area contributed by atoms with Crippen LogP contribution in [0, 0.1) is 0 Å². The molecule has 0 spiro atoms. The van der Waals surface area contributed by atoms with E-state index in [1.165, 1.54) is 27.8 Å². The van der Waals surface area contributed by atoms with Crippen molar-refractivity contribution in [1.29, 1.82) is 0 Å². The maximum Gasteiger partial charge on any atom is 0.126 e. The lowest BCUT2D eigenvalue weighted by atomic mass is 9.96. The van der Waals surface area contributed by atoms with Gasteiger partial charge >= 0.3 is 0 Å². The fourth-order valence-corrected chi connectivity index (χ4v) is 3.08. The lowest BCUT2D eigenvalue weighted by Gasteiger charge is -2.24. The smallest absolute Gasteiger partial charge is 0.126 e. The normalized spacial score (nSPS) is 10.6. The highest BCUT2D eigenvalue weighted by atomic mass is 16.5. The van der Waals surface area contributed by atoms with Gasteiger partial charge < -0.3 is 9.84 Å². The van der Waals surface area contributed by atoms with Crippen LogP contribution < -0.4 is 4.74 Å². The molecule has 0 saturated heterocycles. The Morgan fingerprint density at radius 1 is 0.742 bits per heavy atom. The molecular formula is C29H46O2. The predicted octanol–water partition coefficient (Wildman–Crippen LogP) is 7.70. The number of aryl methyl sites for hydroxylation is 4. The van der Waals surface area contributed by atoms with Crippen molar-refractivity contribution in [2.45, 2.75) is 92.6 Å². The molecule has 2 heteroatoms. The van der Waals surface area contributed by atoms with E-state index >= 15 is 0 Å². The highest BCUT2D eigenvalue weighted by molar-refractivity contribution is 5.35. The van der Waals surface area contributed by atoms with E-state index in [4.69, 9.17) is 4.74 Å². The van der Waals surface area contributed by atoms with Crippen LogP contribution >= 0.6 is 0 Å². The zero-order valence-electron chi connectivity index (χ0n) is 21.3. The molecule has 0 aliphatic carbocycles. The second-order valence-corrected chi connectivity index (χ2v) is 8.66. The van der Waals surface area contributed by atoms with Gasteiger partial charge in [0.2, 0.25) is 0 Å². The molecule has 2 aromatic carbocycles. The zero-order valence-corrected chi connectivity index (χ0v) is 21.3. The fourth-order valence-electron chi connectivity index (χ4n) is 3.08. The molecule has 0 atom stereocenters. The summed E-state index contributed by atoms with van der Waals surface area (Å²) in [5.41, 5.74) is 6.48. The van der Waals surface area contributed by atoms with Crippen molar-refractivity contribution in [3.63, 3.8) is 0 Å². The van der Waals surface area contributed by atoms with Gasteiger partial charge in [-0.2, -0.15) is 0 Å². The molecule has 0 bridgehead atoms. The first-order valence-corrected chi connectivity index (χ1v) is 11.7. The summed E-state index contributed by atoms with van der Waals surface area (Å²) in [7, 11) is 0. The second-order valence-electron chi connectivity index (χ2n) is 8.66. The maximum atomic E-state index is 9.18. The number of aliphatic hydroxyl groups excluding tert-OH is 1. The first-order valence-electron chi connectivity index (χ1n) is 11.7. The molecule has 0 aromatic heterocycles. The quantitative estimate of drug-likeness (QED) is 0.438. The Bertz CT molecular complexity index is 715. The van der Waals surface area contributed by atoms with Crippen molar-refractivity contribution in [2.24, 2.45) is 0 Å². The van der Waals surface area contributed by atoms with Gasteiger partial charge in [0.05, 0.1) is 6.61 Å². The van der Waals surface area contributed by atoms with Gasteiger partial charge in [0.1, 0.15) is 11.4 Å². The van der Waals surface area contributed by atoms with E-state index in [9.17, 15) is 5.11 Å². The zero-order chi connectivity index (χ0) is 24.0. The van der Waals surface area contributed by atoms with Crippen molar-refractivity contribution in [2.75, 3.05) is 6.61 Å². The topological polar surface area (TPSA) is 29.5 Å². The molecular weight excluding hydrogens is 380 g/mol. The van der Waals surface area contributed by atoms with E-state index < -0.39 is 5.60 Å². The van der Waals surface area contributed by atoms with Gasteiger partial charge in [-0.25, -0.2) is 0 Å². The van der Waals surface area contributed by atoms with E-state index in [-0.39, 0.29) is 6.61 Å². The molecule has 1 N–H and O–H groups in total. The molecule has 0 unspecified atom stereocenters. The average molecular weight is 427 g/mol. The summed E-state index contributed by atoms with van der Waals surface area (Å²) in [6.45, 7) is 23.0. The van der Waals surface area contributed by atoms with Crippen molar-refractivity contribution in [1.82, 2.24) is 0 Å². The van der Waals surface area contributed by atoms with Crippen molar-refractivity contribution >= 4 is 0 Å². The lowest BCUT2D eigenvalue weighted by molar-refractivity contribution is 0.0411. The van der Waals surface area contributed by atoms with E-state index in [1.807, 2.05) is 13.8 Å². The molecule has 0 aliphatic rings. The first-order chi connectivity index (χ1) is 14.7. The van der Waals surface area contributed by atoms with Crippen LogP contribution in [0.15, 0.2) is 49.6 Å². The Balaban J connectivity index is 0.000000547. The number of hydrogen-bond acceptors (Lipinski definition) is 2. The van der Waals surface area contributed by atoms with E-state index in [0.717, 1.165) is 31.4 Å². The molecule has 2 rings (SSSR count). The third-order valence-electron chi connectivity index (χ3n) is 5.18. The molecule has 0 radical (unpaired) electrons. The third kappa shape index (κ3) is 10.7. The van der Waals surface area contributed by atoms with Crippen molar-refractivity contribution in [3.8, 4) is 5.75 Å². The van der Waals surface area contributed by atoms with Gasteiger partial charge in [0.15, 0.2) is 0 Å². The Hall–Kier alpha value is -2.06. The minimum atomic E-state index is -0.516. The van der Waals surface area contributed by atoms with E-state index in [0.29, 0.717) is 5.92 Å². The number of benzene rings is 2. The van der Waals surface area contributed by atoms with E-state index in [2.05, 4.69) is 91.1 Å². The number of aliphatic hydroxyl groups is 1. The van der Waals surface area contributed by atoms with Gasteiger partial charge in [-0.15, -0.1) is 13.2 Å². The van der Waals surface area contributed by atoms with Crippen LogP contribution in [-0.4, -0.2) is 17.3 Å². The predicted molar refractivity (Wildman–Crippen MR) is 138 cm³/mol. The molecule has 0 saturated carbocycles. The van der Waals surface area contributed by atoms with Crippen LogP contribution in [0.5, 0.6) is 5.75 Å². The van der Waals surface area contributed by atoms with Gasteiger partial charge in [-0.1, -0.05) is 65.8 Å². The average Bonchev–Trinajstić information content (AvgIpc) is 2.79. The molecule has 0 heterocycles. The molecule has 0 amide bonds. The summed E-state index contributed by atoms with van der Waals surface area (Å²) in [5.74, 6) is 1.51. The Morgan fingerprint density at radius 3 is 1.39 bits per heavy atom. The summed E-state index contributed by atoms with van der Waals surface area (Å²) >= 11 is 0. The molecule has 2 nitrogen and oxygen atoms in total. The molecule has 2 aromatic rings. The van der Waals surface area contributed by atoms with Crippen LogP contribution in [0.3, 0.4) is 0 Å². The highest BCUT2D eigenvalue weighted by Crippen LogP contribution is 2.23. The highest BCUT2D eigenvalue weighted by Gasteiger charge is 2.18. The first kappa shape index (κ1) is 28.9. The van der Waals surface area contributed by atoms with Gasteiger partial charge in [0, 0.05) is 0 Å². The van der Waals surface area contributed by atoms with Gasteiger partial charge in [0.25, 0.3) is 0 Å². The molecule has 0 fully saturated rings. The number of rotatable bonds is 8. The summed E-state index contributed by atoms with van der Waals surface area (Å²) in [6.07, 6.45) is 4.30. The van der Waals surface area contributed by atoms with Crippen molar-refractivity contribution < 1.29 is 9.84 Å². The Kier molecular flexibility index (Phi) is 13.9. The van der Waals surface area contributed by atoms with Crippen LogP contribution in [0.25, 0.3) is 0 Å². The van der Waals surface area contributed by atoms with E-state index in [1.54, 1.807) is 0 Å². The SMILES string of the molecule is C=C.CCc1cc(CC)cc(C(C)C)c1.CCc1cc(CC)cc(OC(C)(C)CO)c1. The van der Waals surface area contributed by atoms with Crippen LogP contribution in [0.4, 0.5) is 0 Å². The molecule has 31 heavy (non-hydrogen) atoms. The Morgan fingerprint density at radius 2 is 1.10 bits per heavy atom. The molecule has 174 valence electrons. The number of hydrogen-bond donors (Lipinski definition) is 1. The number of ether oxygens (including phenoxy) is 1. The molecule has 0 aliphatic heterocycles. The standard InChI is InChI=1S/C14H22O2.C13H20.C2H4/c1-5-11-7-12(6-2)9-13(8-11)16-14(3,4)10-15;1-5-11-7-12(6-2)9-13(8-11)10(3)4;1-2/h7-9,15H,5-6,10H2,1-4H3;7-10H,5-6H2,1-4H3;1-2H2. The fraction of sp³-hybridized carbons (Fsp3) is 0.517. The van der Waals surface area contributed by atoms with Gasteiger partial charge in [-0.05, 0) is 85.4 Å². The maximum absolute atomic E-state index is 9.18. The minimum Gasteiger partial charge on any atom is -0.485 e. The summed E-state index contributed by atoms with van der Waals surface area (Å²) in [6, 6.07) is 13.3. The van der Waals surface area contributed by atoms with Crippen LogP contribution in [-0.2, 0) is 25.7 Å². The van der Waals surface area contributed by atoms with Crippen LogP contribution in [0.1, 0.15) is 89.1 Å². The minimum absolute atomic E-state index is 0.0187.